The average Bonchev–Trinajstić information content (AvgIpc) is 2.26. The van der Waals surface area contributed by atoms with Crippen molar-refractivity contribution in [1.29, 1.82) is 0 Å². The van der Waals surface area contributed by atoms with Crippen molar-refractivity contribution in [3.63, 3.8) is 0 Å². The minimum atomic E-state index is -1.20. The molecule has 0 radical (unpaired) electrons. The maximum atomic E-state index is 11.3. The van der Waals surface area contributed by atoms with E-state index in [0.717, 1.165) is 4.90 Å². The van der Waals surface area contributed by atoms with Crippen molar-refractivity contribution in [3.05, 3.63) is 12.2 Å². The molecule has 0 aromatic rings. The lowest BCUT2D eigenvalue weighted by atomic mass is 9.75. The Bertz CT molecular complexity index is 314. The molecule has 0 aliphatic carbocycles. The van der Waals surface area contributed by atoms with Gasteiger partial charge in [-0.2, -0.15) is 0 Å². The van der Waals surface area contributed by atoms with Crippen molar-refractivity contribution in [3.8, 4) is 0 Å². The minimum absolute atomic E-state index is 0.311. The molecule has 4 nitrogen and oxygen atoms in total. The Morgan fingerprint density at radius 1 is 1.50 bits per heavy atom. The first-order valence-corrected chi connectivity index (χ1v) is 4.46. The highest BCUT2D eigenvalue weighted by Crippen LogP contribution is 2.39. The van der Waals surface area contributed by atoms with Gasteiger partial charge in [0, 0.05) is 6.08 Å². The number of rotatable bonds is 0. The molecule has 0 fully saturated rings. The second-order valence-corrected chi connectivity index (χ2v) is 4.69. The molecular weight excluding hydrogens is 182 g/mol. The van der Waals surface area contributed by atoms with Crippen LogP contribution >= 0.6 is 0 Å². The van der Waals surface area contributed by atoms with Crippen molar-refractivity contribution >= 4 is 12.0 Å². The van der Waals surface area contributed by atoms with Gasteiger partial charge in [-0.05, 0) is 12.3 Å². The topological polar surface area (TPSA) is 57.6 Å². The minimum Gasteiger partial charge on any atom is -0.465 e. The van der Waals surface area contributed by atoms with Crippen LogP contribution in [0.15, 0.2) is 12.2 Å². The van der Waals surface area contributed by atoms with Gasteiger partial charge in [-0.25, -0.2) is 9.69 Å². The molecule has 1 aliphatic heterocycles. The normalized spacial score (nSPS) is 27.1. The van der Waals surface area contributed by atoms with Crippen LogP contribution in [0.1, 0.15) is 27.7 Å². The maximum absolute atomic E-state index is 11.3. The summed E-state index contributed by atoms with van der Waals surface area (Å²) in [4.78, 5) is 23.2. The van der Waals surface area contributed by atoms with Gasteiger partial charge in [0.2, 0.25) is 0 Å². The lowest BCUT2D eigenvalue weighted by Crippen LogP contribution is -2.54. The van der Waals surface area contributed by atoms with Crippen LogP contribution in [0.25, 0.3) is 0 Å². The maximum Gasteiger partial charge on any atom is 0.415 e. The molecule has 2 amide bonds. The van der Waals surface area contributed by atoms with E-state index >= 15 is 0 Å². The summed E-state index contributed by atoms with van der Waals surface area (Å²) in [7, 11) is 0. The number of hydrogen-bond donors (Lipinski definition) is 1. The van der Waals surface area contributed by atoms with E-state index in [9.17, 15) is 9.59 Å². The first kappa shape index (κ1) is 10.8. The van der Waals surface area contributed by atoms with Crippen molar-refractivity contribution in [2.75, 3.05) is 0 Å². The van der Waals surface area contributed by atoms with E-state index in [1.165, 1.54) is 6.08 Å². The van der Waals surface area contributed by atoms with Crippen LogP contribution < -0.4 is 0 Å². The van der Waals surface area contributed by atoms with Gasteiger partial charge in [0.15, 0.2) is 0 Å². The van der Waals surface area contributed by atoms with Gasteiger partial charge in [0.1, 0.15) is 0 Å². The summed E-state index contributed by atoms with van der Waals surface area (Å²) in [5, 5.41) is 8.95. The number of carbonyl (C=O) groups excluding carboxylic acids is 1. The average molecular weight is 197 g/mol. The Morgan fingerprint density at radius 2 is 2.00 bits per heavy atom. The smallest absolute Gasteiger partial charge is 0.415 e. The van der Waals surface area contributed by atoms with Crippen LogP contribution in [0.5, 0.6) is 0 Å². The Hall–Kier alpha value is -1.32. The van der Waals surface area contributed by atoms with Gasteiger partial charge in [-0.1, -0.05) is 26.8 Å². The molecular formula is C10H15NO3. The third-order valence-corrected chi connectivity index (χ3v) is 2.95. The van der Waals surface area contributed by atoms with E-state index < -0.39 is 17.5 Å². The second kappa shape index (κ2) is 2.83. The van der Waals surface area contributed by atoms with E-state index in [0.29, 0.717) is 0 Å². The van der Waals surface area contributed by atoms with Gasteiger partial charge in [0.05, 0.1) is 5.54 Å². The summed E-state index contributed by atoms with van der Waals surface area (Å²) in [5.41, 5.74) is -1.07. The van der Waals surface area contributed by atoms with Crippen molar-refractivity contribution in [1.82, 2.24) is 4.90 Å². The molecule has 0 saturated heterocycles. The Balaban J connectivity index is 3.17. The lowest BCUT2D eigenvalue weighted by molar-refractivity contribution is -0.128. The Morgan fingerprint density at radius 3 is 2.29 bits per heavy atom. The molecule has 1 N–H and O–H groups in total. The molecule has 0 spiro atoms. The monoisotopic (exact) mass is 197 g/mol. The van der Waals surface area contributed by atoms with E-state index in [1.54, 1.807) is 13.0 Å². The highest BCUT2D eigenvalue weighted by molar-refractivity contribution is 6.01. The Labute approximate surface area is 83.2 Å². The first-order chi connectivity index (χ1) is 6.20. The number of hydrogen-bond acceptors (Lipinski definition) is 2. The number of carbonyl (C=O) groups is 2. The third kappa shape index (κ3) is 1.31. The molecule has 1 aliphatic rings. The summed E-state index contributed by atoms with van der Waals surface area (Å²) < 4.78 is 0. The Kier molecular flexibility index (Phi) is 2.18. The van der Waals surface area contributed by atoms with E-state index in [2.05, 4.69) is 0 Å². The molecule has 0 unspecified atom stereocenters. The van der Waals surface area contributed by atoms with Crippen LogP contribution in [0, 0.1) is 5.41 Å². The fourth-order valence-corrected chi connectivity index (χ4v) is 1.49. The molecule has 0 bridgehead atoms. The zero-order valence-corrected chi connectivity index (χ0v) is 8.87. The van der Waals surface area contributed by atoms with Crippen LogP contribution in [0.2, 0.25) is 0 Å². The van der Waals surface area contributed by atoms with Gasteiger partial charge in [-0.15, -0.1) is 0 Å². The standard InChI is InChI=1S/C10H15NO3/c1-9(2,3)10(4)6-5-7(12)11(10)8(13)14/h5-6H,1-4H3,(H,13,14)/t10-/m1/s1. The van der Waals surface area contributed by atoms with Gasteiger partial charge >= 0.3 is 6.09 Å². The predicted octanol–water partition coefficient (Wildman–Crippen LogP) is 1.87. The fraction of sp³-hybridized carbons (Fsp3) is 0.600. The number of imide groups is 1. The van der Waals surface area contributed by atoms with Crippen molar-refractivity contribution in [2.45, 2.75) is 33.2 Å². The number of nitrogens with zero attached hydrogens (tertiary/aromatic N) is 1. The lowest BCUT2D eigenvalue weighted by Gasteiger charge is -2.42. The van der Waals surface area contributed by atoms with Crippen LogP contribution in [-0.2, 0) is 4.79 Å². The molecule has 1 atom stereocenters. The zero-order chi connectivity index (χ0) is 11.1. The molecule has 78 valence electrons. The predicted molar refractivity (Wildman–Crippen MR) is 51.9 cm³/mol. The molecule has 1 heterocycles. The van der Waals surface area contributed by atoms with Crippen LogP contribution in [0.4, 0.5) is 4.79 Å². The quantitative estimate of drug-likeness (QED) is 0.645. The summed E-state index contributed by atoms with van der Waals surface area (Å²) in [6, 6.07) is 0. The molecule has 0 saturated carbocycles. The van der Waals surface area contributed by atoms with E-state index in [1.807, 2.05) is 20.8 Å². The fourth-order valence-electron chi connectivity index (χ4n) is 1.49. The summed E-state index contributed by atoms with van der Waals surface area (Å²) in [6.07, 6.45) is 1.78. The summed E-state index contributed by atoms with van der Waals surface area (Å²) >= 11 is 0. The number of amides is 2. The van der Waals surface area contributed by atoms with Crippen LogP contribution in [-0.4, -0.2) is 27.5 Å². The molecule has 14 heavy (non-hydrogen) atoms. The van der Waals surface area contributed by atoms with Gasteiger partial charge in [0.25, 0.3) is 5.91 Å². The summed E-state index contributed by atoms with van der Waals surface area (Å²) in [6.45, 7) is 7.48. The molecule has 0 aromatic heterocycles. The van der Waals surface area contributed by atoms with Crippen molar-refractivity contribution in [2.24, 2.45) is 5.41 Å². The van der Waals surface area contributed by atoms with Crippen molar-refractivity contribution < 1.29 is 14.7 Å². The van der Waals surface area contributed by atoms with E-state index in [4.69, 9.17) is 5.11 Å². The largest absolute Gasteiger partial charge is 0.465 e. The van der Waals surface area contributed by atoms with Gasteiger partial charge < -0.3 is 5.11 Å². The van der Waals surface area contributed by atoms with Crippen LogP contribution in [0.3, 0.4) is 0 Å². The van der Waals surface area contributed by atoms with E-state index in [-0.39, 0.29) is 5.41 Å². The second-order valence-electron chi connectivity index (χ2n) is 4.69. The van der Waals surface area contributed by atoms with Gasteiger partial charge in [-0.3, -0.25) is 4.79 Å². The third-order valence-electron chi connectivity index (χ3n) is 2.95. The number of carboxylic acid groups (broad SMARTS) is 1. The molecule has 1 rings (SSSR count). The highest BCUT2D eigenvalue weighted by Gasteiger charge is 2.49. The molecule has 4 heteroatoms. The highest BCUT2D eigenvalue weighted by atomic mass is 16.4. The first-order valence-electron chi connectivity index (χ1n) is 4.46. The summed E-state index contributed by atoms with van der Waals surface area (Å²) in [5.74, 6) is -0.463. The zero-order valence-electron chi connectivity index (χ0n) is 8.87. The SMILES string of the molecule is CC(C)(C)[C@@]1(C)C=CC(=O)N1C(=O)O. The molecule has 0 aromatic carbocycles.